The fourth-order valence-electron chi connectivity index (χ4n) is 7.27. The summed E-state index contributed by atoms with van der Waals surface area (Å²) in [6, 6.07) is 14.3. The Balaban J connectivity index is 0.000000383. The van der Waals surface area contributed by atoms with E-state index in [1.54, 1.807) is 0 Å². The minimum Gasteiger partial charge on any atom is -0.359 e. The molecule has 1 amide bonds. The summed E-state index contributed by atoms with van der Waals surface area (Å²) in [4.78, 5) is 10.1. The Hall–Kier alpha value is -3.66. The summed E-state index contributed by atoms with van der Waals surface area (Å²) < 4.78 is 12.9. The molecule has 0 bridgehead atoms. The molecule has 50 heavy (non-hydrogen) atoms. The molecule has 3 nitrogen and oxygen atoms in total. The molecule has 2 aliphatic rings. The molecular formula is C46H69FN2O. The van der Waals surface area contributed by atoms with E-state index in [1.807, 2.05) is 45.0 Å². The fourth-order valence-corrected chi connectivity index (χ4v) is 7.27. The van der Waals surface area contributed by atoms with Gasteiger partial charge < -0.3 is 10.6 Å². The quantitative estimate of drug-likeness (QED) is 0.118. The van der Waals surface area contributed by atoms with Crippen molar-refractivity contribution in [3.63, 3.8) is 0 Å². The lowest BCUT2D eigenvalue weighted by Gasteiger charge is -2.23. The van der Waals surface area contributed by atoms with E-state index in [1.165, 1.54) is 60.4 Å². The molecule has 0 spiro atoms. The van der Waals surface area contributed by atoms with Crippen LogP contribution in [-0.4, -0.2) is 19.3 Å². The monoisotopic (exact) mass is 685 g/mol. The van der Waals surface area contributed by atoms with Gasteiger partial charge in [0, 0.05) is 18.2 Å². The molecule has 1 saturated carbocycles. The minimum atomic E-state index is -1.05. The van der Waals surface area contributed by atoms with Crippen LogP contribution in [0.4, 0.5) is 10.1 Å². The molecule has 0 radical (unpaired) electrons. The average Bonchev–Trinajstić information content (AvgIpc) is 3.69. The standard InChI is InChI=1S/C19H22FN.C14H19NO.C11H22.C2H6/c1-5-18(19-8-6-7-13(2)14(19)3)16-9-11-17(12-10-16)21-15(4)20;1-11-6-7-14(13(3)9-11)12(2)5-4-8-15-10-16;1-5-8-10-9(6-2)11(10,4)7-3;1-2/h5-12,15,19,21H,3H2,1-2,4H3;6-7,9-10H,2,4-5,8H2,1,3H3,(H,15,16);9-10H,5-8H2,1-4H3;1-2H3/b18-5-;;;. The van der Waals surface area contributed by atoms with Crippen LogP contribution in [0.2, 0.25) is 0 Å². The van der Waals surface area contributed by atoms with Gasteiger partial charge in [-0.15, -0.1) is 0 Å². The summed E-state index contributed by atoms with van der Waals surface area (Å²) in [7, 11) is 0. The van der Waals surface area contributed by atoms with E-state index in [-0.39, 0.29) is 5.92 Å². The molecular weight excluding hydrogens is 616 g/mol. The summed E-state index contributed by atoms with van der Waals surface area (Å²) in [5, 5.41) is 5.41. The molecule has 4 rings (SSSR count). The highest BCUT2D eigenvalue weighted by molar-refractivity contribution is 5.74. The zero-order valence-corrected chi connectivity index (χ0v) is 33.4. The van der Waals surface area contributed by atoms with Crippen molar-refractivity contribution >= 4 is 23.2 Å². The van der Waals surface area contributed by atoms with Gasteiger partial charge in [0.25, 0.3) is 0 Å². The second-order valence-electron chi connectivity index (χ2n) is 13.7. The molecule has 2 aromatic carbocycles. The summed E-state index contributed by atoms with van der Waals surface area (Å²) in [6.07, 6.45) is 15.6. The second kappa shape index (κ2) is 22.9. The molecule has 2 N–H and O–H groups in total. The van der Waals surface area contributed by atoms with E-state index < -0.39 is 6.30 Å². The number of aryl methyl sites for hydroxylation is 2. The van der Waals surface area contributed by atoms with Crippen LogP contribution in [0.25, 0.3) is 11.1 Å². The maximum absolute atomic E-state index is 12.9. The number of anilines is 1. The molecule has 4 heteroatoms. The first kappa shape index (κ1) is 44.4. The van der Waals surface area contributed by atoms with Crippen molar-refractivity contribution in [1.82, 2.24) is 5.32 Å². The van der Waals surface area contributed by atoms with E-state index in [0.717, 1.165) is 58.9 Å². The Kier molecular flexibility index (Phi) is 20.4. The third-order valence-electron chi connectivity index (χ3n) is 10.3. The number of hydrogen-bond donors (Lipinski definition) is 2. The number of benzene rings is 2. The van der Waals surface area contributed by atoms with Gasteiger partial charge in [0.2, 0.25) is 6.41 Å². The molecule has 2 aromatic rings. The summed E-state index contributed by atoms with van der Waals surface area (Å²) >= 11 is 0. The molecule has 5 unspecified atom stereocenters. The maximum Gasteiger partial charge on any atom is 0.207 e. The lowest BCUT2D eigenvalue weighted by atomic mass is 9.81. The van der Waals surface area contributed by atoms with Crippen molar-refractivity contribution in [3.05, 3.63) is 113 Å². The number of carbonyl (C=O) groups is 1. The van der Waals surface area contributed by atoms with Crippen molar-refractivity contribution in [2.75, 3.05) is 11.9 Å². The van der Waals surface area contributed by atoms with Crippen LogP contribution in [0.3, 0.4) is 0 Å². The van der Waals surface area contributed by atoms with Gasteiger partial charge in [-0.3, -0.25) is 4.79 Å². The van der Waals surface area contributed by atoms with Crippen LogP contribution in [0, 0.1) is 37.0 Å². The highest BCUT2D eigenvalue weighted by atomic mass is 19.1. The number of amides is 1. The molecule has 0 aromatic heterocycles. The zero-order valence-electron chi connectivity index (χ0n) is 33.4. The predicted octanol–water partition coefficient (Wildman–Crippen LogP) is 13.2. The van der Waals surface area contributed by atoms with Gasteiger partial charge in [-0.1, -0.05) is 134 Å². The first-order chi connectivity index (χ1) is 23.9. The molecule has 5 atom stereocenters. The van der Waals surface area contributed by atoms with Crippen LogP contribution < -0.4 is 10.6 Å². The van der Waals surface area contributed by atoms with Crippen LogP contribution in [0.1, 0.15) is 123 Å². The highest BCUT2D eigenvalue weighted by Gasteiger charge is 2.57. The average molecular weight is 685 g/mol. The zero-order chi connectivity index (χ0) is 37.9. The third-order valence-corrected chi connectivity index (χ3v) is 10.3. The van der Waals surface area contributed by atoms with Gasteiger partial charge in [-0.2, -0.15) is 0 Å². The molecule has 276 valence electrons. The Morgan fingerprint density at radius 1 is 1.04 bits per heavy atom. The number of hydrogen-bond acceptors (Lipinski definition) is 2. The first-order valence-electron chi connectivity index (χ1n) is 19.0. The van der Waals surface area contributed by atoms with E-state index in [9.17, 15) is 9.18 Å². The normalized spacial score (nSPS) is 21.1. The number of alkyl halides is 1. The van der Waals surface area contributed by atoms with Gasteiger partial charge >= 0.3 is 0 Å². The Morgan fingerprint density at radius 3 is 2.20 bits per heavy atom. The first-order valence-corrected chi connectivity index (χ1v) is 19.0. The van der Waals surface area contributed by atoms with Crippen LogP contribution in [0.15, 0.2) is 91.1 Å². The van der Waals surface area contributed by atoms with Gasteiger partial charge in [0.05, 0.1) is 0 Å². The summed E-state index contributed by atoms with van der Waals surface area (Å²) in [6.45, 7) is 32.3. The van der Waals surface area contributed by atoms with Crippen molar-refractivity contribution in [1.29, 1.82) is 0 Å². The summed E-state index contributed by atoms with van der Waals surface area (Å²) in [5.74, 6) is 2.31. The third kappa shape index (κ3) is 13.2. The SMILES string of the molecule is C=C(CCCNC=O)c1ccc(C)cc1C.C=C1C(C)=CC=CC1/C(=C\C)c1ccc(NC(C)F)cc1.CC.CCCC1C(CC)C1(C)CC. The Bertz CT molecular complexity index is 1430. The van der Waals surface area contributed by atoms with Crippen LogP contribution >= 0.6 is 0 Å². The lowest BCUT2D eigenvalue weighted by molar-refractivity contribution is -0.109. The number of carbonyl (C=O) groups excluding carboxylic acids is 1. The van der Waals surface area contributed by atoms with Gasteiger partial charge in [0.15, 0.2) is 6.30 Å². The van der Waals surface area contributed by atoms with Crippen molar-refractivity contribution in [2.24, 2.45) is 23.2 Å². The van der Waals surface area contributed by atoms with Crippen molar-refractivity contribution in [2.45, 2.75) is 121 Å². The number of halogens is 1. The second-order valence-corrected chi connectivity index (χ2v) is 13.7. The number of nitrogens with one attached hydrogen (secondary N) is 2. The summed E-state index contributed by atoms with van der Waals surface area (Å²) in [5.41, 5.74) is 11.1. The fraction of sp³-hybridized carbons (Fsp3) is 0.500. The van der Waals surface area contributed by atoms with Crippen LogP contribution in [0.5, 0.6) is 0 Å². The smallest absolute Gasteiger partial charge is 0.207 e. The minimum absolute atomic E-state index is 0.207. The lowest BCUT2D eigenvalue weighted by Crippen LogP contribution is -2.11. The van der Waals surface area contributed by atoms with Gasteiger partial charge in [-0.05, 0) is 122 Å². The number of allylic oxidation sites excluding steroid dienone is 8. The van der Waals surface area contributed by atoms with E-state index in [4.69, 9.17) is 0 Å². The van der Waals surface area contributed by atoms with Crippen LogP contribution in [-0.2, 0) is 4.79 Å². The van der Waals surface area contributed by atoms with E-state index in [0.29, 0.717) is 6.54 Å². The highest BCUT2D eigenvalue weighted by Crippen LogP contribution is 2.64. The van der Waals surface area contributed by atoms with E-state index >= 15 is 0 Å². The molecule has 0 saturated heterocycles. The number of rotatable bonds is 14. The molecule has 0 heterocycles. The van der Waals surface area contributed by atoms with Crippen molar-refractivity contribution in [3.8, 4) is 0 Å². The molecule has 0 aliphatic heterocycles. The molecule has 2 aliphatic carbocycles. The van der Waals surface area contributed by atoms with Gasteiger partial charge in [0.1, 0.15) is 0 Å². The van der Waals surface area contributed by atoms with Crippen molar-refractivity contribution < 1.29 is 9.18 Å². The maximum atomic E-state index is 12.9. The topological polar surface area (TPSA) is 41.1 Å². The predicted molar refractivity (Wildman–Crippen MR) is 220 cm³/mol. The molecule has 1 fully saturated rings. The Morgan fingerprint density at radius 2 is 1.70 bits per heavy atom. The Labute approximate surface area is 306 Å². The van der Waals surface area contributed by atoms with Gasteiger partial charge in [-0.25, -0.2) is 4.39 Å². The van der Waals surface area contributed by atoms with E-state index in [2.05, 4.69) is 115 Å². The largest absolute Gasteiger partial charge is 0.359 e.